The third kappa shape index (κ3) is 6.18. The molecule has 3 aromatic carbocycles. The van der Waals surface area contributed by atoms with E-state index in [0.29, 0.717) is 13.2 Å². The number of halogens is 2. The summed E-state index contributed by atoms with van der Waals surface area (Å²) in [4.78, 5) is 2.72. The lowest BCUT2D eigenvalue weighted by molar-refractivity contribution is -0.988. The van der Waals surface area contributed by atoms with Crippen LogP contribution in [0.2, 0.25) is 0 Å². The first-order valence-corrected chi connectivity index (χ1v) is 10.5. The summed E-state index contributed by atoms with van der Waals surface area (Å²) in [6.07, 6.45) is -0.510. The number of methoxy groups -OCH3 is 1. The van der Waals surface area contributed by atoms with E-state index in [1.54, 1.807) is 19.2 Å². The number of hydrogen-bond donors (Lipinski definition) is 4. The molecule has 0 amide bonds. The van der Waals surface area contributed by atoms with Crippen molar-refractivity contribution in [3.8, 4) is 17.2 Å². The van der Waals surface area contributed by atoms with Crippen LogP contribution in [0, 0.1) is 0 Å². The molecule has 32 heavy (non-hydrogen) atoms. The van der Waals surface area contributed by atoms with Crippen molar-refractivity contribution in [2.45, 2.75) is 6.10 Å². The molecule has 1 unspecified atom stereocenters. The maximum absolute atomic E-state index is 10.5. The number of piperazine rings is 1. The van der Waals surface area contributed by atoms with E-state index in [2.05, 4.69) is 12.1 Å². The SMILES string of the molecule is COc1cc(O)ccc1[NH+]1CC[NH+](CC(O)COc2cccc3ccccc23)CC1.[Cl-].[Cl-]. The number of quaternary nitrogens is 2. The molecule has 3 aromatic rings. The lowest BCUT2D eigenvalue weighted by atomic mass is 10.1. The molecule has 1 heterocycles. The topological polar surface area (TPSA) is 67.8 Å². The Kier molecular flexibility index (Phi) is 9.87. The molecule has 0 bridgehead atoms. The number of fused-ring (bicyclic) bond motifs is 1. The van der Waals surface area contributed by atoms with Crippen molar-refractivity contribution in [1.82, 2.24) is 0 Å². The minimum Gasteiger partial charge on any atom is -1.00 e. The van der Waals surface area contributed by atoms with Gasteiger partial charge in [-0.3, -0.25) is 4.90 Å². The summed E-state index contributed by atoms with van der Waals surface area (Å²) in [5, 5.41) is 22.4. The maximum Gasteiger partial charge on any atom is 0.183 e. The maximum atomic E-state index is 10.5. The third-order valence-electron chi connectivity index (χ3n) is 5.83. The molecule has 0 aromatic heterocycles. The molecule has 174 valence electrons. The van der Waals surface area contributed by atoms with Crippen molar-refractivity contribution in [3.63, 3.8) is 0 Å². The van der Waals surface area contributed by atoms with E-state index >= 15 is 0 Å². The van der Waals surface area contributed by atoms with Gasteiger partial charge < -0.3 is 49.4 Å². The highest BCUT2D eigenvalue weighted by Crippen LogP contribution is 2.26. The van der Waals surface area contributed by atoms with Crippen LogP contribution in [0.3, 0.4) is 0 Å². The van der Waals surface area contributed by atoms with Crippen molar-refractivity contribution in [2.24, 2.45) is 0 Å². The van der Waals surface area contributed by atoms with Gasteiger partial charge in [0.1, 0.15) is 56.9 Å². The molecule has 1 saturated heterocycles. The quantitative estimate of drug-likeness (QED) is 0.254. The second-order valence-electron chi connectivity index (χ2n) is 7.88. The molecule has 6 nitrogen and oxygen atoms in total. The molecular weight excluding hydrogens is 451 g/mol. The van der Waals surface area contributed by atoms with Crippen molar-refractivity contribution >= 4 is 16.5 Å². The molecule has 1 aliphatic heterocycles. The first-order valence-electron chi connectivity index (χ1n) is 10.5. The van der Waals surface area contributed by atoms with Crippen molar-refractivity contribution in [3.05, 3.63) is 60.7 Å². The number of hydrogen-bond acceptors (Lipinski definition) is 4. The Balaban J connectivity index is 0.00000181. The highest BCUT2D eigenvalue weighted by atomic mass is 35.5. The minimum absolute atomic E-state index is 0. The fourth-order valence-electron chi connectivity index (χ4n) is 4.25. The van der Waals surface area contributed by atoms with Crippen LogP contribution in [0.5, 0.6) is 17.2 Å². The molecule has 4 N–H and O–H groups in total. The first-order chi connectivity index (χ1) is 14.6. The lowest BCUT2D eigenvalue weighted by Gasteiger charge is -2.31. The Hall–Kier alpha value is -2.22. The average molecular weight is 481 g/mol. The van der Waals surface area contributed by atoms with Crippen LogP contribution in [-0.4, -0.2) is 62.8 Å². The van der Waals surface area contributed by atoms with E-state index in [0.717, 1.165) is 54.1 Å². The number of rotatable bonds is 7. The average Bonchev–Trinajstić information content (AvgIpc) is 2.78. The highest BCUT2D eigenvalue weighted by Gasteiger charge is 2.28. The largest absolute Gasteiger partial charge is 1.00 e. The van der Waals surface area contributed by atoms with Crippen LogP contribution in [-0.2, 0) is 0 Å². The summed E-state index contributed by atoms with van der Waals surface area (Å²) in [5.74, 6) is 1.75. The van der Waals surface area contributed by atoms with Gasteiger partial charge in [-0.25, -0.2) is 0 Å². The second kappa shape index (κ2) is 12.1. The molecule has 1 fully saturated rings. The van der Waals surface area contributed by atoms with E-state index in [1.807, 2.05) is 36.4 Å². The fraction of sp³-hybridized carbons (Fsp3) is 0.333. The molecule has 0 aliphatic carbocycles. The number of phenolic OH excluding ortho intramolecular Hbond substituents is 1. The molecule has 1 atom stereocenters. The minimum atomic E-state index is -0.510. The molecule has 1 aliphatic rings. The van der Waals surface area contributed by atoms with Crippen LogP contribution < -0.4 is 44.1 Å². The zero-order chi connectivity index (χ0) is 20.9. The number of aliphatic hydroxyl groups excluding tert-OH is 1. The first kappa shape index (κ1) is 26.0. The summed E-state index contributed by atoms with van der Waals surface area (Å²) in [7, 11) is 1.63. The van der Waals surface area contributed by atoms with Gasteiger partial charge in [-0.15, -0.1) is 0 Å². The van der Waals surface area contributed by atoms with Crippen LogP contribution in [0.4, 0.5) is 5.69 Å². The van der Waals surface area contributed by atoms with E-state index in [9.17, 15) is 10.2 Å². The van der Waals surface area contributed by atoms with Gasteiger partial charge in [-0.1, -0.05) is 36.4 Å². The number of aromatic hydroxyl groups is 1. The van der Waals surface area contributed by atoms with Crippen molar-refractivity contribution < 1.29 is 54.3 Å². The Morgan fingerprint density at radius 3 is 2.38 bits per heavy atom. The highest BCUT2D eigenvalue weighted by molar-refractivity contribution is 5.88. The lowest BCUT2D eigenvalue weighted by Crippen LogP contribution is -3.26. The number of aliphatic hydroxyl groups is 1. The molecular formula is C24H30Cl2N2O4. The van der Waals surface area contributed by atoms with E-state index < -0.39 is 6.10 Å². The Morgan fingerprint density at radius 1 is 0.906 bits per heavy atom. The summed E-state index contributed by atoms with van der Waals surface area (Å²) in [6.45, 7) is 4.79. The fourth-order valence-corrected chi connectivity index (χ4v) is 4.25. The van der Waals surface area contributed by atoms with Crippen LogP contribution in [0.15, 0.2) is 60.7 Å². The van der Waals surface area contributed by atoms with Gasteiger partial charge in [-0.2, -0.15) is 0 Å². The molecule has 8 heteroatoms. The van der Waals surface area contributed by atoms with Crippen LogP contribution in [0.1, 0.15) is 0 Å². The number of phenols is 1. The molecule has 0 radical (unpaired) electrons. The summed E-state index contributed by atoms with van der Waals surface area (Å²) in [6, 6.07) is 19.4. The van der Waals surface area contributed by atoms with Crippen LogP contribution >= 0.6 is 0 Å². The van der Waals surface area contributed by atoms with Gasteiger partial charge >= 0.3 is 0 Å². The van der Waals surface area contributed by atoms with Crippen LogP contribution in [0.25, 0.3) is 10.8 Å². The standard InChI is InChI=1S/C24H28N2O4.2ClH/c1-29-24-15-19(27)9-10-22(24)26-13-11-25(12-14-26)16-20(28)17-30-23-8-4-6-18-5-2-3-7-21(18)23;;/h2-10,15,20,27-28H,11-14,16-17H2,1H3;2*1H. The number of ether oxygens (including phenoxy) is 2. The van der Waals surface area contributed by atoms with Gasteiger partial charge in [0, 0.05) is 17.5 Å². The number of nitrogens with one attached hydrogen (secondary N) is 2. The molecule has 0 spiro atoms. The zero-order valence-electron chi connectivity index (χ0n) is 18.1. The van der Waals surface area contributed by atoms with Gasteiger partial charge in [0.15, 0.2) is 11.4 Å². The Morgan fingerprint density at radius 2 is 1.62 bits per heavy atom. The predicted octanol–water partition coefficient (Wildman–Crippen LogP) is -5.58. The van der Waals surface area contributed by atoms with Gasteiger partial charge in [0.2, 0.25) is 0 Å². The second-order valence-corrected chi connectivity index (χ2v) is 7.88. The normalized spacial score (nSPS) is 18.8. The van der Waals surface area contributed by atoms with Gasteiger partial charge in [0.05, 0.1) is 7.11 Å². The summed E-state index contributed by atoms with van der Waals surface area (Å²) in [5.41, 5.74) is 1.08. The smallest absolute Gasteiger partial charge is 0.183 e. The predicted molar refractivity (Wildman–Crippen MR) is 116 cm³/mol. The molecule has 0 saturated carbocycles. The number of benzene rings is 3. The van der Waals surface area contributed by atoms with Crippen molar-refractivity contribution in [1.29, 1.82) is 0 Å². The van der Waals surface area contributed by atoms with Gasteiger partial charge in [0.25, 0.3) is 0 Å². The van der Waals surface area contributed by atoms with Crippen molar-refractivity contribution in [2.75, 3.05) is 46.4 Å². The zero-order valence-corrected chi connectivity index (χ0v) is 19.6. The van der Waals surface area contributed by atoms with E-state index in [1.165, 1.54) is 9.80 Å². The molecule has 4 rings (SSSR count). The van der Waals surface area contributed by atoms with E-state index in [4.69, 9.17) is 9.47 Å². The Labute approximate surface area is 201 Å². The summed E-state index contributed by atoms with van der Waals surface area (Å²) >= 11 is 0. The van der Waals surface area contributed by atoms with Gasteiger partial charge in [-0.05, 0) is 17.5 Å². The summed E-state index contributed by atoms with van der Waals surface area (Å²) < 4.78 is 11.4. The monoisotopic (exact) mass is 480 g/mol. The Bertz CT molecular complexity index is 991. The van der Waals surface area contributed by atoms with E-state index in [-0.39, 0.29) is 30.6 Å². The third-order valence-corrected chi connectivity index (χ3v) is 5.83.